The molecule has 7 nitrogen and oxygen atoms in total. The van der Waals surface area contributed by atoms with Crippen molar-refractivity contribution >= 4 is 40.2 Å². The average Bonchev–Trinajstić information content (AvgIpc) is 3.62. The molecule has 0 amide bonds. The number of rotatable bonds is 6. The molecule has 1 aliphatic rings. The second kappa shape index (κ2) is 9.93. The van der Waals surface area contributed by atoms with Crippen molar-refractivity contribution in [3.63, 3.8) is 0 Å². The lowest BCUT2D eigenvalue weighted by molar-refractivity contribution is 0.255. The topological polar surface area (TPSA) is 99.0 Å². The molecule has 0 atom stereocenters. The smallest absolute Gasteiger partial charge is 0.128 e. The van der Waals surface area contributed by atoms with E-state index in [4.69, 9.17) is 10.7 Å². The summed E-state index contributed by atoms with van der Waals surface area (Å²) in [6.45, 7) is 13.8. The van der Waals surface area contributed by atoms with Crippen LogP contribution in [0.4, 0.5) is 0 Å². The molecule has 0 aliphatic carbocycles. The van der Waals surface area contributed by atoms with Crippen molar-refractivity contribution in [1.29, 1.82) is 0 Å². The van der Waals surface area contributed by atoms with E-state index < -0.39 is 0 Å². The maximum atomic E-state index is 5.95. The van der Waals surface area contributed by atoms with Crippen LogP contribution in [0, 0.1) is 0 Å². The van der Waals surface area contributed by atoms with Gasteiger partial charge in [-0.2, -0.15) is 16.4 Å². The van der Waals surface area contributed by atoms with E-state index in [0.29, 0.717) is 0 Å². The number of hydrogen-bond acceptors (Lipinski definition) is 5. The number of nitrogens with two attached hydrogens (primary N) is 1. The zero-order chi connectivity index (χ0) is 25.2. The van der Waals surface area contributed by atoms with Gasteiger partial charge in [-0.25, -0.2) is 4.99 Å². The van der Waals surface area contributed by atoms with Crippen LogP contribution in [0.2, 0.25) is 0 Å². The van der Waals surface area contributed by atoms with Crippen molar-refractivity contribution in [2.75, 3.05) is 13.1 Å². The van der Waals surface area contributed by atoms with E-state index in [2.05, 4.69) is 61.1 Å². The first kappa shape index (κ1) is 23.7. The van der Waals surface area contributed by atoms with Crippen LogP contribution in [-0.4, -0.2) is 50.0 Å². The third kappa shape index (κ3) is 4.36. The predicted molar refractivity (Wildman–Crippen MR) is 151 cm³/mol. The lowest BCUT2D eigenvalue weighted by Gasteiger charge is -2.38. The number of nitrogens with zero attached hydrogens (tertiary/aromatic N) is 4. The normalized spacial score (nSPS) is 16.1. The lowest BCUT2D eigenvalue weighted by atomic mass is 10.1. The Bertz CT molecular complexity index is 1610. The molecule has 4 N–H and O–H groups in total. The number of thiophene rings is 1. The molecule has 4 aromatic rings. The number of H-pyrrole nitrogens is 2. The maximum Gasteiger partial charge on any atom is 0.128 e. The summed E-state index contributed by atoms with van der Waals surface area (Å²) >= 11 is 1.66. The molecule has 0 aromatic carbocycles. The van der Waals surface area contributed by atoms with Crippen LogP contribution < -0.4 is 16.3 Å². The predicted octanol–water partition coefficient (Wildman–Crippen LogP) is 3.95. The fraction of sp³-hybridized carbons (Fsp3) is 0.179. The molecule has 0 radical (unpaired) electrons. The Balaban J connectivity index is 1.57. The molecular formula is C28H29N7S. The Morgan fingerprint density at radius 3 is 2.78 bits per heavy atom. The molecule has 0 saturated carbocycles. The molecule has 1 aliphatic heterocycles. The summed E-state index contributed by atoms with van der Waals surface area (Å²) in [6, 6.07) is 6.37. The largest absolute Gasteiger partial charge is 0.353 e. The van der Waals surface area contributed by atoms with Crippen LogP contribution in [0.5, 0.6) is 0 Å². The second-order valence-corrected chi connectivity index (χ2v) is 9.47. The summed E-state index contributed by atoms with van der Waals surface area (Å²) in [6.07, 6.45) is 9.59. The van der Waals surface area contributed by atoms with Crippen molar-refractivity contribution < 1.29 is 0 Å². The molecule has 5 heterocycles. The zero-order valence-corrected chi connectivity index (χ0v) is 21.3. The Morgan fingerprint density at radius 2 is 2.11 bits per heavy atom. The number of likely N-dealkylation sites (tertiary alicyclic amines) is 1. The van der Waals surface area contributed by atoms with Gasteiger partial charge < -0.3 is 15.6 Å². The van der Waals surface area contributed by atoms with Crippen molar-refractivity contribution in [2.45, 2.75) is 19.9 Å². The zero-order valence-electron chi connectivity index (χ0n) is 20.5. The highest BCUT2D eigenvalue weighted by atomic mass is 32.1. The van der Waals surface area contributed by atoms with E-state index in [1.165, 1.54) is 0 Å². The van der Waals surface area contributed by atoms with Crippen LogP contribution >= 0.6 is 11.3 Å². The minimum absolute atomic E-state index is 0.182. The first-order valence-electron chi connectivity index (χ1n) is 11.8. The molecule has 0 spiro atoms. The summed E-state index contributed by atoms with van der Waals surface area (Å²) < 4.78 is 0. The summed E-state index contributed by atoms with van der Waals surface area (Å²) in [7, 11) is 0. The number of aromatic amines is 2. The molecule has 0 bridgehead atoms. The first-order valence-corrected chi connectivity index (χ1v) is 12.8. The van der Waals surface area contributed by atoms with E-state index in [0.717, 1.165) is 74.3 Å². The van der Waals surface area contributed by atoms with Crippen LogP contribution in [0.1, 0.15) is 13.8 Å². The minimum Gasteiger partial charge on any atom is -0.353 e. The molecule has 8 heteroatoms. The fourth-order valence-electron chi connectivity index (χ4n) is 4.38. The van der Waals surface area contributed by atoms with Gasteiger partial charge in [0.2, 0.25) is 0 Å². The number of allylic oxidation sites excluding steroid dienone is 2. The Labute approximate surface area is 213 Å². The van der Waals surface area contributed by atoms with Crippen LogP contribution in [0.3, 0.4) is 0 Å². The van der Waals surface area contributed by atoms with Gasteiger partial charge in [0.1, 0.15) is 11.5 Å². The molecule has 4 aromatic heterocycles. The van der Waals surface area contributed by atoms with Gasteiger partial charge in [0.15, 0.2) is 0 Å². The molecule has 1 fully saturated rings. The average molecular weight is 496 g/mol. The summed E-state index contributed by atoms with van der Waals surface area (Å²) in [5.74, 6) is 0.804. The van der Waals surface area contributed by atoms with Gasteiger partial charge in [0.05, 0.1) is 22.4 Å². The number of hydrogen-bond donors (Lipinski definition) is 3. The van der Waals surface area contributed by atoms with Crippen LogP contribution in [-0.2, 0) is 0 Å². The number of aliphatic imine (C=N–C) groups is 1. The van der Waals surface area contributed by atoms with E-state index in [-0.39, 0.29) is 6.04 Å². The highest BCUT2D eigenvalue weighted by molar-refractivity contribution is 7.08. The maximum absolute atomic E-state index is 5.95. The number of pyridine rings is 1. The van der Waals surface area contributed by atoms with Crippen LogP contribution in [0.25, 0.3) is 45.7 Å². The fourth-order valence-corrected chi connectivity index (χ4v) is 5.03. The van der Waals surface area contributed by atoms with Crippen molar-refractivity contribution in [3.8, 4) is 22.6 Å². The van der Waals surface area contributed by atoms with Gasteiger partial charge >= 0.3 is 0 Å². The highest BCUT2D eigenvalue weighted by Gasteiger charge is 2.24. The molecule has 1 saturated heterocycles. The molecule has 36 heavy (non-hydrogen) atoms. The van der Waals surface area contributed by atoms with Gasteiger partial charge in [-0.3, -0.25) is 10.1 Å². The van der Waals surface area contributed by atoms with E-state index in [1.807, 2.05) is 44.3 Å². The quantitative estimate of drug-likeness (QED) is 0.214. The number of nitrogens with one attached hydrogen (secondary N) is 2. The Morgan fingerprint density at radius 1 is 1.28 bits per heavy atom. The third-order valence-electron chi connectivity index (χ3n) is 6.29. The van der Waals surface area contributed by atoms with Gasteiger partial charge in [0, 0.05) is 52.4 Å². The summed E-state index contributed by atoms with van der Waals surface area (Å²) in [4.78, 5) is 15.1. The van der Waals surface area contributed by atoms with Crippen molar-refractivity contribution in [2.24, 2.45) is 10.7 Å². The molecular weight excluding hydrogens is 466 g/mol. The standard InChI is InChI=1S/C28H29N7S/c1-5-22(32-26(7-3)35-14-19(29)15-35)17(4)12-20-23(6-2)33-34-28(20)25-13-21-24(31-25)8-10-30-27(21)18-9-11-36-16-18/h5-13,16,19,31,33H,3-4,14-15,29H2,1-2H3/b20-12+,22-5-,23-6+,32-26?. The third-order valence-corrected chi connectivity index (χ3v) is 6.98. The van der Waals surface area contributed by atoms with Crippen molar-refractivity contribution in [3.05, 3.63) is 82.3 Å². The van der Waals surface area contributed by atoms with Crippen LogP contribution in [0.15, 0.2) is 76.7 Å². The Kier molecular flexibility index (Phi) is 6.54. The van der Waals surface area contributed by atoms with Gasteiger partial charge in [-0.15, -0.1) is 0 Å². The highest BCUT2D eigenvalue weighted by Crippen LogP contribution is 2.30. The van der Waals surface area contributed by atoms with E-state index in [9.17, 15) is 0 Å². The van der Waals surface area contributed by atoms with Gasteiger partial charge in [-0.05, 0) is 55.2 Å². The SMILES string of the molecule is C=CC(=N/C(=C\C)C(=C)/C=c1/c(-c2cc3c(-c4ccsc4)nccc3[nH]2)n[nH]/c1=C/C)N1CC(N)C1. The summed E-state index contributed by atoms with van der Waals surface area (Å²) in [5, 5.41) is 14.9. The van der Waals surface area contributed by atoms with E-state index in [1.54, 1.807) is 17.4 Å². The minimum atomic E-state index is 0.182. The second-order valence-electron chi connectivity index (χ2n) is 8.69. The molecule has 0 unspecified atom stereocenters. The lowest BCUT2D eigenvalue weighted by Crippen LogP contribution is -2.57. The van der Waals surface area contributed by atoms with Gasteiger partial charge in [-0.1, -0.05) is 25.3 Å². The number of aromatic nitrogens is 4. The molecule has 5 rings (SSSR count). The summed E-state index contributed by atoms with van der Waals surface area (Å²) in [5.41, 5.74) is 12.3. The monoisotopic (exact) mass is 495 g/mol. The molecule has 182 valence electrons. The number of fused-ring (bicyclic) bond motifs is 1. The van der Waals surface area contributed by atoms with E-state index >= 15 is 0 Å². The Hall–Kier alpha value is -4.01. The van der Waals surface area contributed by atoms with Gasteiger partial charge in [0.25, 0.3) is 0 Å². The first-order chi connectivity index (χ1) is 17.5. The van der Waals surface area contributed by atoms with Crippen molar-refractivity contribution in [1.82, 2.24) is 25.1 Å². The number of amidine groups is 1.